The maximum absolute atomic E-state index is 12.2. The molecule has 0 spiro atoms. The summed E-state index contributed by atoms with van der Waals surface area (Å²) in [4.78, 5) is 12.2. The number of nitrogens with zero attached hydrogens (tertiary/aromatic N) is 1. The van der Waals surface area contributed by atoms with Gasteiger partial charge in [0.15, 0.2) is 0 Å². The van der Waals surface area contributed by atoms with Crippen molar-refractivity contribution in [1.29, 1.82) is 0 Å². The summed E-state index contributed by atoms with van der Waals surface area (Å²) in [6, 6.07) is 7.94. The van der Waals surface area contributed by atoms with Crippen LogP contribution in [0.3, 0.4) is 0 Å². The second kappa shape index (κ2) is 4.52. The highest BCUT2D eigenvalue weighted by Crippen LogP contribution is 2.31. The van der Waals surface area contributed by atoms with E-state index >= 15 is 0 Å². The Morgan fingerprint density at radius 1 is 1.39 bits per heavy atom. The van der Waals surface area contributed by atoms with Crippen LogP contribution in [0.1, 0.15) is 17.9 Å². The summed E-state index contributed by atoms with van der Waals surface area (Å²) in [5.41, 5.74) is 2.82. The van der Waals surface area contributed by atoms with Crippen LogP contribution in [0.25, 0.3) is 0 Å². The monoisotopic (exact) mass is 242 g/mol. The number of aromatic nitrogens is 2. The first-order chi connectivity index (χ1) is 8.84. The van der Waals surface area contributed by atoms with Gasteiger partial charge in [-0.15, -0.1) is 0 Å². The van der Waals surface area contributed by atoms with E-state index in [0.717, 1.165) is 24.2 Å². The van der Waals surface area contributed by atoms with Crippen LogP contribution in [0.2, 0.25) is 0 Å². The van der Waals surface area contributed by atoms with E-state index in [9.17, 15) is 4.79 Å². The lowest BCUT2D eigenvalue weighted by Crippen LogP contribution is -2.27. The quantitative estimate of drug-likeness (QED) is 0.753. The van der Waals surface area contributed by atoms with Gasteiger partial charge in [-0.2, -0.15) is 5.10 Å². The second-order valence-corrected chi connectivity index (χ2v) is 4.33. The molecule has 18 heavy (non-hydrogen) atoms. The molecule has 0 aliphatic carbocycles. The summed E-state index contributed by atoms with van der Waals surface area (Å²) in [7, 11) is 0. The van der Waals surface area contributed by atoms with Crippen LogP contribution in [-0.2, 0) is 4.79 Å². The largest absolute Gasteiger partial charge is 0.385 e. The van der Waals surface area contributed by atoms with Gasteiger partial charge in [0.25, 0.3) is 0 Å². The summed E-state index contributed by atoms with van der Waals surface area (Å²) in [5, 5.41) is 12.7. The Morgan fingerprint density at radius 3 is 3.11 bits per heavy atom. The highest BCUT2D eigenvalue weighted by Gasteiger charge is 2.26. The predicted octanol–water partition coefficient (Wildman–Crippen LogP) is 1.95. The highest BCUT2D eigenvalue weighted by molar-refractivity contribution is 5.97. The van der Waals surface area contributed by atoms with Crippen molar-refractivity contribution < 1.29 is 4.79 Å². The molecule has 1 amide bonds. The number of para-hydroxylation sites is 1. The molecule has 0 radical (unpaired) electrons. The van der Waals surface area contributed by atoms with Gasteiger partial charge in [-0.25, -0.2) is 0 Å². The van der Waals surface area contributed by atoms with Crippen molar-refractivity contribution in [1.82, 2.24) is 10.2 Å². The maximum Gasteiger partial charge on any atom is 0.232 e. The van der Waals surface area contributed by atoms with E-state index in [1.54, 1.807) is 12.4 Å². The lowest BCUT2D eigenvalue weighted by Gasteiger charge is -2.25. The number of fused-ring (bicyclic) bond motifs is 1. The SMILES string of the molecule is O=C(Nc1cn[nH]c1)C1CCNc2ccccc21. The van der Waals surface area contributed by atoms with Crippen LogP contribution < -0.4 is 10.6 Å². The molecular weight excluding hydrogens is 228 g/mol. The van der Waals surface area contributed by atoms with Crippen molar-refractivity contribution in [2.45, 2.75) is 12.3 Å². The van der Waals surface area contributed by atoms with Gasteiger partial charge in [-0.3, -0.25) is 9.89 Å². The third kappa shape index (κ3) is 1.95. The summed E-state index contributed by atoms with van der Waals surface area (Å²) in [6.45, 7) is 0.820. The van der Waals surface area contributed by atoms with Crippen LogP contribution >= 0.6 is 0 Å². The minimum absolute atomic E-state index is 0.0188. The number of benzene rings is 1. The molecule has 0 fully saturated rings. The molecule has 1 atom stereocenters. The zero-order chi connectivity index (χ0) is 12.4. The first-order valence-corrected chi connectivity index (χ1v) is 5.97. The van der Waals surface area contributed by atoms with E-state index in [1.807, 2.05) is 24.3 Å². The van der Waals surface area contributed by atoms with Crippen LogP contribution in [0.15, 0.2) is 36.7 Å². The smallest absolute Gasteiger partial charge is 0.232 e. The van der Waals surface area contributed by atoms with Gasteiger partial charge in [-0.05, 0) is 18.1 Å². The Hall–Kier alpha value is -2.30. The third-order valence-electron chi connectivity index (χ3n) is 3.17. The molecule has 0 saturated carbocycles. The molecule has 0 saturated heterocycles. The average Bonchev–Trinajstić information content (AvgIpc) is 2.91. The number of amides is 1. The number of hydrogen-bond acceptors (Lipinski definition) is 3. The fraction of sp³-hybridized carbons (Fsp3) is 0.231. The predicted molar refractivity (Wildman–Crippen MR) is 69.5 cm³/mol. The van der Waals surface area contributed by atoms with E-state index in [0.29, 0.717) is 5.69 Å². The molecule has 1 aliphatic rings. The summed E-state index contributed by atoms with van der Waals surface area (Å²) >= 11 is 0. The topological polar surface area (TPSA) is 69.8 Å². The van der Waals surface area contributed by atoms with Crippen LogP contribution in [0.4, 0.5) is 11.4 Å². The van der Waals surface area contributed by atoms with Crippen molar-refractivity contribution >= 4 is 17.3 Å². The number of anilines is 2. The molecule has 2 heterocycles. The van der Waals surface area contributed by atoms with Crippen molar-refractivity contribution in [3.8, 4) is 0 Å². The van der Waals surface area contributed by atoms with Crippen LogP contribution in [0, 0.1) is 0 Å². The number of H-pyrrole nitrogens is 1. The number of nitrogens with one attached hydrogen (secondary N) is 3. The van der Waals surface area contributed by atoms with Gasteiger partial charge in [0.05, 0.1) is 17.8 Å². The molecule has 3 rings (SSSR count). The second-order valence-electron chi connectivity index (χ2n) is 4.33. The minimum atomic E-state index is -0.0997. The normalized spacial score (nSPS) is 17.7. The molecule has 1 aromatic heterocycles. The lowest BCUT2D eigenvalue weighted by molar-refractivity contribution is -0.117. The van der Waals surface area contributed by atoms with E-state index in [1.165, 1.54) is 0 Å². The van der Waals surface area contributed by atoms with Crippen molar-refractivity contribution in [3.05, 3.63) is 42.2 Å². The molecule has 1 aliphatic heterocycles. The Balaban J connectivity index is 1.83. The fourth-order valence-electron chi connectivity index (χ4n) is 2.29. The molecule has 5 heteroatoms. The van der Waals surface area contributed by atoms with Crippen molar-refractivity contribution in [2.24, 2.45) is 0 Å². The molecule has 0 bridgehead atoms. The number of carbonyl (C=O) groups is 1. The van der Waals surface area contributed by atoms with E-state index in [4.69, 9.17) is 0 Å². The van der Waals surface area contributed by atoms with E-state index in [-0.39, 0.29) is 11.8 Å². The number of hydrogen-bond donors (Lipinski definition) is 3. The number of carbonyl (C=O) groups excluding carboxylic acids is 1. The Bertz CT molecular complexity index is 550. The zero-order valence-corrected chi connectivity index (χ0v) is 9.81. The van der Waals surface area contributed by atoms with Gasteiger partial charge in [0.1, 0.15) is 0 Å². The first-order valence-electron chi connectivity index (χ1n) is 5.97. The average molecular weight is 242 g/mol. The van der Waals surface area contributed by atoms with Gasteiger partial charge >= 0.3 is 0 Å². The van der Waals surface area contributed by atoms with Crippen molar-refractivity contribution in [2.75, 3.05) is 17.2 Å². The van der Waals surface area contributed by atoms with Crippen LogP contribution in [-0.4, -0.2) is 22.6 Å². The summed E-state index contributed by atoms with van der Waals surface area (Å²) in [6.07, 6.45) is 4.08. The molecule has 2 aromatic rings. The van der Waals surface area contributed by atoms with Gasteiger partial charge in [0.2, 0.25) is 5.91 Å². The van der Waals surface area contributed by atoms with E-state index < -0.39 is 0 Å². The number of aromatic amines is 1. The molecule has 3 N–H and O–H groups in total. The lowest BCUT2D eigenvalue weighted by atomic mass is 9.90. The third-order valence-corrected chi connectivity index (χ3v) is 3.17. The molecular formula is C13H14N4O. The van der Waals surface area contributed by atoms with Crippen molar-refractivity contribution in [3.63, 3.8) is 0 Å². The van der Waals surface area contributed by atoms with Gasteiger partial charge in [0, 0.05) is 18.4 Å². The molecule has 5 nitrogen and oxygen atoms in total. The summed E-state index contributed by atoms with van der Waals surface area (Å²) < 4.78 is 0. The first kappa shape index (κ1) is 10.8. The summed E-state index contributed by atoms with van der Waals surface area (Å²) in [5.74, 6) is -0.0808. The van der Waals surface area contributed by atoms with Gasteiger partial charge in [-0.1, -0.05) is 18.2 Å². The van der Waals surface area contributed by atoms with Crippen LogP contribution in [0.5, 0.6) is 0 Å². The minimum Gasteiger partial charge on any atom is -0.385 e. The molecule has 92 valence electrons. The Kier molecular flexibility index (Phi) is 2.72. The fourth-order valence-corrected chi connectivity index (χ4v) is 2.29. The number of rotatable bonds is 2. The van der Waals surface area contributed by atoms with E-state index in [2.05, 4.69) is 20.8 Å². The Morgan fingerprint density at radius 2 is 2.28 bits per heavy atom. The van der Waals surface area contributed by atoms with Gasteiger partial charge < -0.3 is 10.6 Å². The maximum atomic E-state index is 12.2. The standard InChI is InChI=1S/C13H14N4O/c18-13(17-9-7-15-16-8-9)11-5-6-14-12-4-2-1-3-10(11)12/h1-4,7-8,11,14H,5-6H2,(H,15,16)(H,17,18). The highest BCUT2D eigenvalue weighted by atomic mass is 16.1. The molecule has 1 aromatic carbocycles. The molecule has 1 unspecified atom stereocenters. The Labute approximate surface area is 105 Å². The zero-order valence-electron chi connectivity index (χ0n) is 9.81.